The first-order valence-corrected chi connectivity index (χ1v) is 6.69. The topological polar surface area (TPSA) is 82.3 Å². The number of carbonyl (C=O) groups excluding carboxylic acids is 2. The van der Waals surface area contributed by atoms with Crippen LogP contribution in [0.1, 0.15) is 12.6 Å². The van der Waals surface area contributed by atoms with Crippen molar-refractivity contribution in [2.24, 2.45) is 7.05 Å². The molecule has 7 nitrogen and oxygen atoms in total. The van der Waals surface area contributed by atoms with Crippen LogP contribution in [0.4, 0.5) is 5.69 Å². The Morgan fingerprint density at radius 2 is 1.86 bits per heavy atom. The third-order valence-electron chi connectivity index (χ3n) is 3.23. The van der Waals surface area contributed by atoms with Gasteiger partial charge in [0.05, 0.1) is 11.4 Å². The van der Waals surface area contributed by atoms with E-state index in [2.05, 4.69) is 10.1 Å². The Kier molecular flexibility index (Phi) is 4.45. The van der Waals surface area contributed by atoms with Gasteiger partial charge < -0.3 is 10.1 Å². The van der Waals surface area contributed by atoms with Gasteiger partial charge in [0.25, 0.3) is 11.5 Å². The van der Waals surface area contributed by atoms with Crippen LogP contribution in [0.15, 0.2) is 35.1 Å². The van der Waals surface area contributed by atoms with Crippen molar-refractivity contribution in [1.82, 2.24) is 9.36 Å². The van der Waals surface area contributed by atoms with E-state index in [1.165, 1.54) is 11.6 Å². The summed E-state index contributed by atoms with van der Waals surface area (Å²) < 4.78 is 7.72. The van der Waals surface area contributed by atoms with Gasteiger partial charge in [0.15, 0.2) is 6.61 Å². The maximum absolute atomic E-state index is 12.5. The monoisotopic (exact) mass is 303 g/mol. The summed E-state index contributed by atoms with van der Waals surface area (Å²) in [4.78, 5) is 34.9. The largest absolute Gasteiger partial charge is 0.456 e. The quantitative estimate of drug-likeness (QED) is 0.854. The molecule has 0 aliphatic heterocycles. The van der Waals surface area contributed by atoms with E-state index in [1.54, 1.807) is 30.8 Å². The van der Waals surface area contributed by atoms with Crippen molar-refractivity contribution in [1.29, 1.82) is 0 Å². The second-order valence-corrected chi connectivity index (χ2v) is 4.76. The molecule has 0 radical (unpaired) electrons. The Bertz CT molecular complexity index is 759. The molecule has 0 aliphatic carbocycles. The summed E-state index contributed by atoms with van der Waals surface area (Å²) in [6.45, 7) is 2.51. The first-order chi connectivity index (χ1) is 10.4. The number of amides is 1. The minimum absolute atomic E-state index is 0.170. The molecule has 0 bridgehead atoms. The molecule has 1 aromatic heterocycles. The minimum Gasteiger partial charge on any atom is -0.456 e. The van der Waals surface area contributed by atoms with Crippen molar-refractivity contribution < 1.29 is 14.3 Å². The van der Waals surface area contributed by atoms with Crippen molar-refractivity contribution in [3.8, 4) is 5.69 Å². The molecule has 7 heteroatoms. The molecular formula is C15H17N3O4. The average molecular weight is 303 g/mol. The highest BCUT2D eigenvalue weighted by atomic mass is 16.5. The zero-order valence-electron chi connectivity index (χ0n) is 12.6. The van der Waals surface area contributed by atoms with Crippen LogP contribution in [-0.2, 0) is 21.4 Å². The minimum atomic E-state index is -0.554. The predicted molar refractivity (Wildman–Crippen MR) is 81.0 cm³/mol. The summed E-state index contributed by atoms with van der Waals surface area (Å²) in [6.07, 6.45) is 0. The van der Waals surface area contributed by atoms with Gasteiger partial charge in [-0.25, -0.2) is 4.68 Å². The first-order valence-electron chi connectivity index (χ1n) is 6.69. The van der Waals surface area contributed by atoms with Gasteiger partial charge >= 0.3 is 5.97 Å². The van der Waals surface area contributed by atoms with Crippen LogP contribution in [0, 0.1) is 6.92 Å². The van der Waals surface area contributed by atoms with Gasteiger partial charge in [-0.2, -0.15) is 0 Å². The Morgan fingerprint density at radius 1 is 1.23 bits per heavy atom. The first kappa shape index (κ1) is 15.6. The Hall–Kier alpha value is -2.83. The van der Waals surface area contributed by atoms with E-state index < -0.39 is 18.5 Å². The fraction of sp³-hybridized carbons (Fsp3) is 0.267. The molecule has 116 valence electrons. The van der Waals surface area contributed by atoms with Gasteiger partial charge in [-0.05, 0) is 19.1 Å². The maximum Gasteiger partial charge on any atom is 0.303 e. The van der Waals surface area contributed by atoms with Crippen LogP contribution < -0.4 is 10.9 Å². The van der Waals surface area contributed by atoms with Crippen molar-refractivity contribution >= 4 is 17.6 Å². The van der Waals surface area contributed by atoms with Gasteiger partial charge in [0, 0.05) is 14.0 Å². The van der Waals surface area contributed by atoms with Gasteiger partial charge in [0.2, 0.25) is 0 Å². The standard InChI is InChI=1S/C15H17N3O4/c1-10-14(16-13(20)9-22-11(2)19)15(21)18(17(10)3)12-7-5-4-6-8-12/h4-8H,9H2,1-3H3,(H,16,20). The normalized spacial score (nSPS) is 10.3. The second kappa shape index (κ2) is 6.30. The van der Waals surface area contributed by atoms with Gasteiger partial charge in [0.1, 0.15) is 5.69 Å². The van der Waals surface area contributed by atoms with Crippen LogP contribution >= 0.6 is 0 Å². The van der Waals surface area contributed by atoms with Crippen LogP contribution in [0.5, 0.6) is 0 Å². The molecule has 1 heterocycles. The van der Waals surface area contributed by atoms with E-state index in [1.807, 2.05) is 18.2 Å². The van der Waals surface area contributed by atoms with E-state index in [9.17, 15) is 14.4 Å². The maximum atomic E-state index is 12.5. The van der Waals surface area contributed by atoms with Crippen LogP contribution in [-0.4, -0.2) is 27.8 Å². The average Bonchev–Trinajstić information content (AvgIpc) is 2.70. The number of aromatic nitrogens is 2. The number of nitrogens with zero attached hydrogens (tertiary/aromatic N) is 2. The van der Waals surface area contributed by atoms with Gasteiger partial charge in [-0.3, -0.25) is 19.1 Å². The van der Waals surface area contributed by atoms with Crippen molar-refractivity contribution in [2.45, 2.75) is 13.8 Å². The highest BCUT2D eigenvalue weighted by Gasteiger charge is 2.18. The van der Waals surface area contributed by atoms with Crippen molar-refractivity contribution in [2.75, 3.05) is 11.9 Å². The molecule has 2 rings (SSSR count). The number of esters is 1. The molecule has 0 atom stereocenters. The lowest BCUT2D eigenvalue weighted by atomic mass is 10.3. The van der Waals surface area contributed by atoms with Crippen LogP contribution in [0.25, 0.3) is 5.69 Å². The van der Waals surface area contributed by atoms with E-state index in [0.717, 1.165) is 0 Å². The highest BCUT2D eigenvalue weighted by Crippen LogP contribution is 2.13. The number of ether oxygens (including phenoxy) is 1. The molecule has 2 aromatic rings. The number of carbonyl (C=O) groups is 2. The van der Waals surface area contributed by atoms with Gasteiger partial charge in [-0.15, -0.1) is 0 Å². The SMILES string of the molecule is CC(=O)OCC(=O)Nc1c(C)n(C)n(-c2ccccc2)c1=O. The fourth-order valence-electron chi connectivity index (χ4n) is 2.05. The zero-order chi connectivity index (χ0) is 16.3. The molecule has 1 aromatic carbocycles. The van der Waals surface area contributed by atoms with Crippen LogP contribution in [0.3, 0.4) is 0 Å². The highest BCUT2D eigenvalue weighted by molar-refractivity contribution is 5.93. The third kappa shape index (κ3) is 3.08. The molecule has 0 aliphatic rings. The zero-order valence-corrected chi connectivity index (χ0v) is 12.6. The molecular weight excluding hydrogens is 286 g/mol. The smallest absolute Gasteiger partial charge is 0.303 e. The summed E-state index contributed by atoms with van der Waals surface area (Å²) in [5, 5.41) is 2.49. The molecule has 0 fully saturated rings. The second-order valence-electron chi connectivity index (χ2n) is 4.76. The van der Waals surface area contributed by atoms with Crippen molar-refractivity contribution in [3.63, 3.8) is 0 Å². The number of para-hydroxylation sites is 1. The Labute approximate surface area is 127 Å². The molecule has 1 N–H and O–H groups in total. The summed E-state index contributed by atoms with van der Waals surface area (Å²) in [5.41, 5.74) is 1.12. The van der Waals surface area contributed by atoms with Crippen molar-refractivity contribution in [3.05, 3.63) is 46.4 Å². The lowest BCUT2D eigenvalue weighted by molar-refractivity contribution is -0.144. The molecule has 0 saturated carbocycles. The molecule has 0 saturated heterocycles. The number of hydrogen-bond acceptors (Lipinski definition) is 4. The Morgan fingerprint density at radius 3 is 2.45 bits per heavy atom. The summed E-state index contributed by atoms with van der Waals surface area (Å²) in [6, 6.07) is 9.09. The van der Waals surface area contributed by atoms with Gasteiger partial charge in [-0.1, -0.05) is 18.2 Å². The summed E-state index contributed by atoms with van der Waals surface area (Å²) >= 11 is 0. The molecule has 0 spiro atoms. The summed E-state index contributed by atoms with van der Waals surface area (Å²) in [7, 11) is 1.73. The number of nitrogens with one attached hydrogen (secondary N) is 1. The van der Waals surface area contributed by atoms with E-state index in [-0.39, 0.29) is 11.2 Å². The number of benzene rings is 1. The third-order valence-corrected chi connectivity index (χ3v) is 3.23. The van der Waals surface area contributed by atoms with Crippen LogP contribution in [0.2, 0.25) is 0 Å². The summed E-state index contributed by atoms with van der Waals surface area (Å²) in [5.74, 6) is -1.11. The molecule has 22 heavy (non-hydrogen) atoms. The Balaban J connectivity index is 2.33. The van der Waals surface area contributed by atoms with E-state index >= 15 is 0 Å². The number of hydrogen-bond donors (Lipinski definition) is 1. The van der Waals surface area contributed by atoms with E-state index in [4.69, 9.17) is 0 Å². The lowest BCUT2D eigenvalue weighted by Crippen LogP contribution is -2.25. The predicted octanol–water partition coefficient (Wildman–Crippen LogP) is 0.986. The number of anilines is 1. The lowest BCUT2D eigenvalue weighted by Gasteiger charge is -2.07. The number of rotatable bonds is 4. The fourth-order valence-corrected chi connectivity index (χ4v) is 2.05. The molecule has 0 unspecified atom stereocenters. The molecule has 1 amide bonds. The van der Waals surface area contributed by atoms with E-state index in [0.29, 0.717) is 11.4 Å².